The molecule has 1 aromatic carbocycles. The third-order valence-electron chi connectivity index (χ3n) is 2.35. The van der Waals surface area contributed by atoms with E-state index >= 15 is 0 Å². The van der Waals surface area contributed by atoms with Crippen molar-refractivity contribution >= 4 is 5.91 Å². The van der Waals surface area contributed by atoms with Gasteiger partial charge in [-0.05, 0) is 26.0 Å². The van der Waals surface area contributed by atoms with Crippen molar-refractivity contribution in [2.75, 3.05) is 14.2 Å². The number of carbonyl (C=O) groups is 1. The maximum atomic E-state index is 12.1. The normalized spacial score (nSPS) is 10.4. The maximum absolute atomic E-state index is 12.1. The van der Waals surface area contributed by atoms with Crippen LogP contribution in [-0.4, -0.2) is 25.7 Å². The first kappa shape index (κ1) is 13.8. The number of nitriles is 1. The largest absolute Gasteiger partial charge is 0.493 e. The molecule has 0 unspecified atom stereocenters. The molecule has 1 amide bonds. The molecule has 0 aliphatic carbocycles. The van der Waals surface area contributed by atoms with Gasteiger partial charge in [0.05, 0.1) is 25.9 Å². The van der Waals surface area contributed by atoms with E-state index in [4.69, 9.17) is 14.7 Å². The molecule has 0 saturated heterocycles. The molecule has 0 spiro atoms. The second kappa shape index (κ2) is 5.41. The lowest BCUT2D eigenvalue weighted by Crippen LogP contribution is -2.42. The standard InChI is InChI=1S/C13H16N2O3/c1-13(2,8-14)15-12(16)9-6-5-7-10(17-3)11(9)18-4/h5-7H,1-4H3,(H,15,16). The Morgan fingerprint density at radius 1 is 1.33 bits per heavy atom. The zero-order valence-electron chi connectivity index (χ0n) is 10.9. The van der Waals surface area contributed by atoms with Crippen molar-refractivity contribution in [2.24, 2.45) is 0 Å². The van der Waals surface area contributed by atoms with Crippen LogP contribution in [0.4, 0.5) is 0 Å². The lowest BCUT2D eigenvalue weighted by molar-refractivity contribution is 0.0925. The minimum absolute atomic E-state index is 0.333. The summed E-state index contributed by atoms with van der Waals surface area (Å²) in [7, 11) is 2.96. The quantitative estimate of drug-likeness (QED) is 0.880. The van der Waals surface area contributed by atoms with Crippen molar-refractivity contribution in [3.8, 4) is 17.6 Å². The van der Waals surface area contributed by atoms with Gasteiger partial charge in [-0.15, -0.1) is 0 Å². The SMILES string of the molecule is COc1cccc(C(=O)NC(C)(C)C#N)c1OC. The molecule has 0 fully saturated rings. The molecule has 96 valence electrons. The van der Waals surface area contributed by atoms with Crippen molar-refractivity contribution < 1.29 is 14.3 Å². The maximum Gasteiger partial charge on any atom is 0.256 e. The number of benzene rings is 1. The van der Waals surface area contributed by atoms with Gasteiger partial charge >= 0.3 is 0 Å². The Morgan fingerprint density at radius 2 is 2.00 bits per heavy atom. The smallest absolute Gasteiger partial charge is 0.256 e. The molecular formula is C13H16N2O3. The summed E-state index contributed by atoms with van der Waals surface area (Å²) < 4.78 is 10.3. The predicted octanol–water partition coefficient (Wildman–Crippen LogP) is 1.74. The third-order valence-corrected chi connectivity index (χ3v) is 2.35. The van der Waals surface area contributed by atoms with E-state index in [1.54, 1.807) is 32.0 Å². The Labute approximate surface area is 106 Å². The molecule has 0 aliphatic rings. The molecule has 5 nitrogen and oxygen atoms in total. The number of hydrogen-bond donors (Lipinski definition) is 1. The van der Waals surface area contributed by atoms with Crippen LogP contribution >= 0.6 is 0 Å². The molecule has 18 heavy (non-hydrogen) atoms. The van der Waals surface area contributed by atoms with E-state index in [2.05, 4.69) is 5.32 Å². The Morgan fingerprint density at radius 3 is 2.50 bits per heavy atom. The molecular weight excluding hydrogens is 232 g/mol. The van der Waals surface area contributed by atoms with Crippen LogP contribution in [0, 0.1) is 11.3 Å². The van der Waals surface area contributed by atoms with Gasteiger partial charge in [-0.2, -0.15) is 5.26 Å². The van der Waals surface area contributed by atoms with Gasteiger partial charge in [-0.25, -0.2) is 0 Å². The number of para-hydroxylation sites is 1. The van der Waals surface area contributed by atoms with Gasteiger partial charge < -0.3 is 14.8 Å². The highest BCUT2D eigenvalue weighted by atomic mass is 16.5. The van der Waals surface area contributed by atoms with Crippen molar-refractivity contribution in [3.63, 3.8) is 0 Å². The first-order chi connectivity index (χ1) is 8.45. The highest BCUT2D eigenvalue weighted by Crippen LogP contribution is 2.30. The number of hydrogen-bond acceptors (Lipinski definition) is 4. The topological polar surface area (TPSA) is 71.3 Å². The number of amides is 1. The number of nitrogens with zero attached hydrogens (tertiary/aromatic N) is 1. The summed E-state index contributed by atoms with van der Waals surface area (Å²) in [5, 5.41) is 11.5. The number of carbonyl (C=O) groups excluding carboxylic acids is 1. The molecule has 5 heteroatoms. The lowest BCUT2D eigenvalue weighted by Gasteiger charge is -2.19. The molecule has 1 rings (SSSR count). The van der Waals surface area contributed by atoms with Crippen LogP contribution in [0.5, 0.6) is 11.5 Å². The fourth-order valence-corrected chi connectivity index (χ4v) is 1.45. The fraction of sp³-hybridized carbons (Fsp3) is 0.385. The zero-order valence-corrected chi connectivity index (χ0v) is 10.9. The molecule has 0 saturated carbocycles. The molecule has 0 aromatic heterocycles. The Bertz CT molecular complexity index is 489. The highest BCUT2D eigenvalue weighted by Gasteiger charge is 2.23. The van der Waals surface area contributed by atoms with E-state index in [0.717, 1.165) is 0 Å². The summed E-state index contributed by atoms with van der Waals surface area (Å²) in [6.45, 7) is 3.25. The summed E-state index contributed by atoms with van der Waals surface area (Å²) in [5.74, 6) is 0.448. The summed E-state index contributed by atoms with van der Waals surface area (Å²) in [6.07, 6.45) is 0. The summed E-state index contributed by atoms with van der Waals surface area (Å²) >= 11 is 0. The fourth-order valence-electron chi connectivity index (χ4n) is 1.45. The van der Waals surface area contributed by atoms with Crippen LogP contribution in [-0.2, 0) is 0 Å². The van der Waals surface area contributed by atoms with E-state index in [1.807, 2.05) is 6.07 Å². The Hall–Kier alpha value is -2.22. The first-order valence-corrected chi connectivity index (χ1v) is 5.40. The molecule has 0 bridgehead atoms. The van der Waals surface area contributed by atoms with Crippen molar-refractivity contribution in [1.82, 2.24) is 5.32 Å². The molecule has 0 heterocycles. The van der Waals surface area contributed by atoms with Crippen molar-refractivity contribution in [3.05, 3.63) is 23.8 Å². The number of rotatable bonds is 4. The molecule has 0 atom stereocenters. The van der Waals surface area contributed by atoms with E-state index in [9.17, 15) is 4.79 Å². The van der Waals surface area contributed by atoms with E-state index in [0.29, 0.717) is 17.1 Å². The average molecular weight is 248 g/mol. The molecule has 1 aromatic rings. The van der Waals surface area contributed by atoms with E-state index in [1.165, 1.54) is 14.2 Å². The van der Waals surface area contributed by atoms with Crippen LogP contribution in [0.1, 0.15) is 24.2 Å². The van der Waals surface area contributed by atoms with E-state index in [-0.39, 0.29) is 5.91 Å². The minimum atomic E-state index is -0.939. The van der Waals surface area contributed by atoms with Crippen molar-refractivity contribution in [2.45, 2.75) is 19.4 Å². The van der Waals surface area contributed by atoms with Crippen molar-refractivity contribution in [1.29, 1.82) is 5.26 Å². The van der Waals surface area contributed by atoms with Gasteiger partial charge in [-0.1, -0.05) is 6.07 Å². The monoisotopic (exact) mass is 248 g/mol. The third kappa shape index (κ3) is 2.92. The van der Waals surface area contributed by atoms with Crippen LogP contribution in [0.2, 0.25) is 0 Å². The molecule has 1 N–H and O–H groups in total. The van der Waals surface area contributed by atoms with Crippen LogP contribution in [0.3, 0.4) is 0 Å². The number of methoxy groups -OCH3 is 2. The van der Waals surface area contributed by atoms with Gasteiger partial charge in [0, 0.05) is 0 Å². The molecule has 0 radical (unpaired) electrons. The van der Waals surface area contributed by atoms with Crippen LogP contribution < -0.4 is 14.8 Å². The summed E-state index contributed by atoms with van der Waals surface area (Å²) in [6, 6.07) is 7.01. The van der Waals surface area contributed by atoms with E-state index < -0.39 is 5.54 Å². The highest BCUT2D eigenvalue weighted by molar-refractivity contribution is 5.98. The second-order valence-electron chi connectivity index (χ2n) is 4.23. The minimum Gasteiger partial charge on any atom is -0.493 e. The Balaban J connectivity index is 3.11. The Kier molecular flexibility index (Phi) is 4.16. The summed E-state index contributed by atoms with van der Waals surface area (Å²) in [5.41, 5.74) is -0.606. The van der Waals surface area contributed by atoms with Gasteiger partial charge in [0.2, 0.25) is 0 Å². The number of nitrogens with one attached hydrogen (secondary N) is 1. The average Bonchev–Trinajstić information content (AvgIpc) is 2.37. The first-order valence-electron chi connectivity index (χ1n) is 5.40. The van der Waals surface area contributed by atoms with Crippen LogP contribution in [0.25, 0.3) is 0 Å². The van der Waals surface area contributed by atoms with Crippen LogP contribution in [0.15, 0.2) is 18.2 Å². The predicted molar refractivity (Wildman–Crippen MR) is 66.7 cm³/mol. The number of ether oxygens (including phenoxy) is 2. The van der Waals surface area contributed by atoms with Gasteiger partial charge in [0.15, 0.2) is 11.5 Å². The van der Waals surface area contributed by atoms with Gasteiger partial charge in [-0.3, -0.25) is 4.79 Å². The summed E-state index contributed by atoms with van der Waals surface area (Å²) in [4.78, 5) is 12.1. The zero-order chi connectivity index (χ0) is 13.8. The second-order valence-corrected chi connectivity index (χ2v) is 4.23. The molecule has 0 aliphatic heterocycles. The van der Waals surface area contributed by atoms with Gasteiger partial charge in [0.25, 0.3) is 5.91 Å². The lowest BCUT2D eigenvalue weighted by atomic mass is 10.1. The van der Waals surface area contributed by atoms with Gasteiger partial charge in [0.1, 0.15) is 5.54 Å².